The zero-order valence-electron chi connectivity index (χ0n) is 14.0. The number of benzene rings is 2. The lowest BCUT2D eigenvalue weighted by Crippen LogP contribution is -2.34. The zero-order valence-corrected chi connectivity index (χ0v) is 14.0. The van der Waals surface area contributed by atoms with Crippen LogP contribution in [0, 0.1) is 0 Å². The highest BCUT2D eigenvalue weighted by Gasteiger charge is 2.24. The van der Waals surface area contributed by atoms with Crippen molar-refractivity contribution in [2.45, 2.75) is 13.0 Å². The molecule has 1 aliphatic rings. The first kappa shape index (κ1) is 15.9. The number of amides is 2. The van der Waals surface area contributed by atoms with Gasteiger partial charge in [0.15, 0.2) is 6.10 Å². The molecule has 2 aromatic carbocycles. The summed E-state index contributed by atoms with van der Waals surface area (Å²) in [5, 5.41) is 9.80. The third-order valence-corrected chi connectivity index (χ3v) is 4.07. The molecular formula is C19H16N4O3. The van der Waals surface area contributed by atoms with E-state index >= 15 is 0 Å². The van der Waals surface area contributed by atoms with Gasteiger partial charge in [-0.15, -0.1) is 0 Å². The molecule has 0 bridgehead atoms. The molecule has 0 unspecified atom stereocenters. The molecule has 1 aromatic heterocycles. The Bertz CT molecular complexity index is 982. The molecule has 4 rings (SSSR count). The van der Waals surface area contributed by atoms with Crippen molar-refractivity contribution in [2.24, 2.45) is 0 Å². The van der Waals surface area contributed by atoms with Gasteiger partial charge < -0.3 is 15.4 Å². The number of ether oxygens (including phenoxy) is 1. The Hall–Kier alpha value is -3.61. The third kappa shape index (κ3) is 2.90. The normalized spacial score (nSPS) is 15.6. The molecule has 2 N–H and O–H groups in total. The quantitative estimate of drug-likeness (QED) is 0.762. The van der Waals surface area contributed by atoms with Crippen LogP contribution in [-0.4, -0.2) is 27.7 Å². The van der Waals surface area contributed by atoms with Gasteiger partial charge in [-0.05, 0) is 43.3 Å². The highest BCUT2D eigenvalue weighted by molar-refractivity contribution is 6.07. The van der Waals surface area contributed by atoms with Gasteiger partial charge in [0.05, 0.1) is 16.9 Å². The molecule has 1 atom stereocenters. The summed E-state index contributed by atoms with van der Waals surface area (Å²) < 4.78 is 7.16. The lowest BCUT2D eigenvalue weighted by molar-refractivity contribution is -0.122. The van der Waals surface area contributed by atoms with Crippen LogP contribution in [0.1, 0.15) is 17.3 Å². The summed E-state index contributed by atoms with van der Waals surface area (Å²) in [6.45, 7) is 1.68. The molecule has 7 heteroatoms. The van der Waals surface area contributed by atoms with Crippen molar-refractivity contribution in [1.29, 1.82) is 0 Å². The third-order valence-electron chi connectivity index (χ3n) is 4.07. The van der Waals surface area contributed by atoms with E-state index in [0.717, 1.165) is 0 Å². The van der Waals surface area contributed by atoms with Crippen LogP contribution in [0.15, 0.2) is 60.9 Å². The van der Waals surface area contributed by atoms with Crippen LogP contribution in [0.5, 0.6) is 5.75 Å². The molecule has 130 valence electrons. The molecule has 0 aliphatic carbocycles. The van der Waals surface area contributed by atoms with Gasteiger partial charge in [0.2, 0.25) is 0 Å². The van der Waals surface area contributed by atoms with Gasteiger partial charge in [-0.1, -0.05) is 12.1 Å². The van der Waals surface area contributed by atoms with Crippen LogP contribution < -0.4 is 15.4 Å². The molecule has 0 radical (unpaired) electrons. The predicted octanol–water partition coefficient (Wildman–Crippen LogP) is 2.84. The second-order valence-electron chi connectivity index (χ2n) is 5.88. The van der Waals surface area contributed by atoms with E-state index in [1.807, 2.05) is 12.1 Å². The minimum Gasteiger partial charge on any atom is -0.479 e. The maximum atomic E-state index is 12.7. The molecule has 2 heterocycles. The molecule has 0 fully saturated rings. The van der Waals surface area contributed by atoms with Crippen molar-refractivity contribution in [1.82, 2.24) is 9.78 Å². The molecular weight excluding hydrogens is 332 g/mol. The number of nitrogens with zero attached hydrogens (tertiary/aromatic N) is 2. The Morgan fingerprint density at radius 1 is 1.23 bits per heavy atom. The van der Waals surface area contributed by atoms with E-state index in [-0.39, 0.29) is 11.8 Å². The number of para-hydroxylation sites is 1. The van der Waals surface area contributed by atoms with E-state index in [1.54, 1.807) is 60.4 Å². The van der Waals surface area contributed by atoms with Gasteiger partial charge in [0.1, 0.15) is 5.75 Å². The van der Waals surface area contributed by atoms with E-state index in [4.69, 9.17) is 4.74 Å². The molecule has 0 saturated carbocycles. The average molecular weight is 348 g/mol. The fraction of sp³-hybridized carbons (Fsp3) is 0.105. The minimum absolute atomic E-state index is 0.218. The summed E-state index contributed by atoms with van der Waals surface area (Å²) in [6.07, 6.45) is 2.89. The maximum absolute atomic E-state index is 12.7. The number of nitrogens with one attached hydrogen (secondary N) is 2. The number of rotatable bonds is 3. The van der Waals surface area contributed by atoms with Crippen LogP contribution >= 0.6 is 0 Å². The summed E-state index contributed by atoms with van der Waals surface area (Å²) in [5.41, 5.74) is 2.26. The second kappa shape index (κ2) is 6.36. The van der Waals surface area contributed by atoms with E-state index in [0.29, 0.717) is 28.4 Å². The average Bonchev–Trinajstić information content (AvgIpc) is 3.17. The van der Waals surface area contributed by atoms with Gasteiger partial charge in [-0.25, -0.2) is 4.68 Å². The van der Waals surface area contributed by atoms with Gasteiger partial charge in [0, 0.05) is 18.1 Å². The van der Waals surface area contributed by atoms with E-state index in [2.05, 4.69) is 15.7 Å². The van der Waals surface area contributed by atoms with Gasteiger partial charge in [0.25, 0.3) is 11.8 Å². The monoisotopic (exact) mass is 348 g/mol. The standard InChI is InChI=1S/C19H16N4O3/c1-12-18(24)22-15-11-13(7-8-17(15)26-12)21-19(25)14-5-2-3-6-16(14)23-10-4-9-20-23/h2-12H,1H3,(H,21,25)(H,22,24)/t12-/m0/s1. The van der Waals surface area contributed by atoms with Crippen molar-refractivity contribution in [3.8, 4) is 11.4 Å². The molecule has 7 nitrogen and oxygen atoms in total. The zero-order chi connectivity index (χ0) is 18.1. The molecule has 2 amide bonds. The number of aromatic nitrogens is 2. The summed E-state index contributed by atoms with van der Waals surface area (Å²) in [5.74, 6) is 0.0875. The Morgan fingerprint density at radius 2 is 2.08 bits per heavy atom. The highest BCUT2D eigenvalue weighted by atomic mass is 16.5. The Labute approximate surface area is 149 Å². The topological polar surface area (TPSA) is 85.2 Å². The van der Waals surface area contributed by atoms with E-state index in [9.17, 15) is 9.59 Å². The first-order valence-corrected chi connectivity index (χ1v) is 8.14. The number of carbonyl (C=O) groups excluding carboxylic acids is 2. The SMILES string of the molecule is C[C@@H]1Oc2ccc(NC(=O)c3ccccc3-n3cccn3)cc2NC1=O. The van der Waals surface area contributed by atoms with Crippen LogP contribution in [0.25, 0.3) is 5.69 Å². The van der Waals surface area contributed by atoms with Crippen LogP contribution in [0.4, 0.5) is 11.4 Å². The summed E-state index contributed by atoms with van der Waals surface area (Å²) in [7, 11) is 0. The smallest absolute Gasteiger partial charge is 0.265 e. The number of fused-ring (bicyclic) bond motifs is 1. The fourth-order valence-electron chi connectivity index (χ4n) is 2.76. The first-order valence-electron chi connectivity index (χ1n) is 8.14. The number of hydrogen-bond donors (Lipinski definition) is 2. The first-order chi connectivity index (χ1) is 12.6. The van der Waals surface area contributed by atoms with Crippen LogP contribution in [0.2, 0.25) is 0 Å². The van der Waals surface area contributed by atoms with Crippen molar-refractivity contribution < 1.29 is 14.3 Å². The minimum atomic E-state index is -0.538. The largest absolute Gasteiger partial charge is 0.479 e. The van der Waals surface area contributed by atoms with Gasteiger partial charge in [-0.2, -0.15) is 5.10 Å². The summed E-state index contributed by atoms with van der Waals surface area (Å²) in [6, 6.07) is 14.1. The molecule has 26 heavy (non-hydrogen) atoms. The second-order valence-corrected chi connectivity index (χ2v) is 5.88. The summed E-state index contributed by atoms with van der Waals surface area (Å²) in [4.78, 5) is 24.5. The van der Waals surface area contributed by atoms with Crippen LogP contribution in [0.3, 0.4) is 0 Å². The molecule has 0 saturated heterocycles. The van der Waals surface area contributed by atoms with Gasteiger partial charge in [-0.3, -0.25) is 9.59 Å². The van der Waals surface area contributed by atoms with Crippen LogP contribution in [-0.2, 0) is 4.79 Å². The maximum Gasteiger partial charge on any atom is 0.265 e. The molecule has 1 aliphatic heterocycles. The lowest BCUT2D eigenvalue weighted by Gasteiger charge is -2.23. The lowest BCUT2D eigenvalue weighted by atomic mass is 10.1. The van der Waals surface area contributed by atoms with Crippen molar-refractivity contribution in [3.63, 3.8) is 0 Å². The molecule has 0 spiro atoms. The number of carbonyl (C=O) groups is 2. The highest BCUT2D eigenvalue weighted by Crippen LogP contribution is 2.32. The molecule has 3 aromatic rings. The van der Waals surface area contributed by atoms with Crippen molar-refractivity contribution in [3.05, 3.63) is 66.5 Å². The Morgan fingerprint density at radius 3 is 2.88 bits per heavy atom. The van der Waals surface area contributed by atoms with E-state index in [1.165, 1.54) is 0 Å². The summed E-state index contributed by atoms with van der Waals surface area (Å²) >= 11 is 0. The van der Waals surface area contributed by atoms with Crippen molar-refractivity contribution in [2.75, 3.05) is 10.6 Å². The van der Waals surface area contributed by atoms with Gasteiger partial charge >= 0.3 is 0 Å². The predicted molar refractivity (Wildman–Crippen MR) is 96.7 cm³/mol. The van der Waals surface area contributed by atoms with Crippen molar-refractivity contribution >= 4 is 23.2 Å². The number of hydrogen-bond acceptors (Lipinski definition) is 4. The Balaban J connectivity index is 1.60. The number of anilines is 2. The fourth-order valence-corrected chi connectivity index (χ4v) is 2.76. The Kier molecular flexibility index (Phi) is 3.89. The van der Waals surface area contributed by atoms with E-state index < -0.39 is 6.10 Å².